The number of fused-ring (bicyclic) bond motifs is 6. The van der Waals surface area contributed by atoms with E-state index < -0.39 is 53.3 Å². The molecule has 3 aliphatic heterocycles. The fraction of sp³-hybridized carbons (Fsp3) is 0.436. The number of carbonyl (C=O) groups excluding carboxylic acids is 2. The van der Waals surface area contributed by atoms with Gasteiger partial charge in [0.2, 0.25) is 0 Å². The van der Waals surface area contributed by atoms with Crippen molar-refractivity contribution in [1.82, 2.24) is 9.13 Å². The van der Waals surface area contributed by atoms with Crippen LogP contribution in [0.2, 0.25) is 0 Å². The minimum absolute atomic E-state index is 0.0167. The maximum Gasteiger partial charge on any atom is 0.586 e. The van der Waals surface area contributed by atoms with Crippen LogP contribution in [0.25, 0.3) is 21.8 Å². The van der Waals surface area contributed by atoms with Crippen molar-refractivity contribution < 1.29 is 80.4 Å². The summed E-state index contributed by atoms with van der Waals surface area (Å²) in [6.07, 6.45) is -6.73. The van der Waals surface area contributed by atoms with Gasteiger partial charge in [0.1, 0.15) is 22.8 Å². The van der Waals surface area contributed by atoms with Crippen LogP contribution in [0, 0.1) is 5.82 Å². The summed E-state index contributed by atoms with van der Waals surface area (Å²) in [6, 6.07) is 21.3. The van der Waals surface area contributed by atoms with Crippen LogP contribution in [0.4, 0.5) is 22.0 Å². The van der Waals surface area contributed by atoms with Gasteiger partial charge in [0.15, 0.2) is 23.0 Å². The summed E-state index contributed by atoms with van der Waals surface area (Å²) >= 11 is 0. The van der Waals surface area contributed by atoms with Gasteiger partial charge in [0, 0.05) is 45.9 Å². The second kappa shape index (κ2) is 17.8. The number of hydrogen-bond donors (Lipinski definition) is 4. The molecule has 3 unspecified atom stereocenters. The van der Waals surface area contributed by atoms with Crippen molar-refractivity contribution in [3.05, 3.63) is 118 Å². The molecule has 6 aromatic rings. The molecule has 5 aliphatic rings. The first-order valence-electron chi connectivity index (χ1n) is 24.4. The Morgan fingerprint density at radius 2 is 1.28 bits per heavy atom. The number of hydrogen-bond acceptors (Lipinski definition) is 11. The number of nitrogens with zero attached hydrogens (tertiary/aromatic N) is 2. The van der Waals surface area contributed by atoms with Crippen molar-refractivity contribution in [2.75, 3.05) is 13.2 Å². The molecule has 0 saturated heterocycles. The van der Waals surface area contributed by atoms with Gasteiger partial charge in [-0.3, -0.25) is 14.4 Å². The molecule has 2 saturated carbocycles. The summed E-state index contributed by atoms with van der Waals surface area (Å²) in [4.78, 5) is 38.8. The van der Waals surface area contributed by atoms with E-state index in [0.29, 0.717) is 60.0 Å². The van der Waals surface area contributed by atoms with Gasteiger partial charge in [-0.2, -0.15) is 0 Å². The molecule has 5 heterocycles. The Labute approximate surface area is 421 Å². The van der Waals surface area contributed by atoms with E-state index in [1.165, 1.54) is 60.9 Å². The summed E-state index contributed by atoms with van der Waals surface area (Å²) in [7, 11) is 0. The van der Waals surface area contributed by atoms with Gasteiger partial charge in [-0.15, -0.1) is 17.6 Å². The van der Waals surface area contributed by atoms with Crippen molar-refractivity contribution >= 4 is 39.3 Å². The van der Waals surface area contributed by atoms with Crippen molar-refractivity contribution in [3.63, 3.8) is 0 Å². The number of aromatic nitrogens is 2. The maximum absolute atomic E-state index is 15.3. The molecular formula is C55H55F5N2O12. The number of aliphatic carboxylic acids is 1. The zero-order valence-corrected chi connectivity index (χ0v) is 41.1. The van der Waals surface area contributed by atoms with E-state index in [2.05, 4.69) is 49.5 Å². The minimum Gasteiger partial charge on any atom is -0.481 e. The number of aliphatic hydroxyl groups excluding tert-OH is 3. The van der Waals surface area contributed by atoms with E-state index in [1.54, 1.807) is 12.1 Å². The van der Waals surface area contributed by atoms with Crippen LogP contribution in [0.15, 0.2) is 78.9 Å². The number of Topliss-reactive ketones (excluding diaryl/α,β-unsaturated/α-hetero) is 2. The number of aliphatic hydroxyl groups is 3. The van der Waals surface area contributed by atoms with Gasteiger partial charge in [-0.05, 0) is 129 Å². The SMILES string of the molecule is CC(C)(C(=O)O)c1cc2cc(CC(=O)C3(c4ccc5c(c4)OC(F)(F)O5)CC3)c(F)cc2n1CC(O)CO.CC1OC(CO)Cn2c(cc3cc(CC(=O)C4(c5ccc6c(c5)OC(F)(F)O6)CC4)ccc32)C1(C)C. The summed E-state index contributed by atoms with van der Waals surface area (Å²) in [5.74, 6) is -2.39. The third-order valence-electron chi connectivity index (χ3n) is 15.7. The van der Waals surface area contributed by atoms with Crippen LogP contribution < -0.4 is 18.9 Å². The molecule has 2 aromatic heterocycles. The Balaban J connectivity index is 0.000000169. The van der Waals surface area contributed by atoms with E-state index in [0.717, 1.165) is 22.2 Å². The molecule has 74 heavy (non-hydrogen) atoms. The average molecular weight is 1030 g/mol. The highest BCUT2D eigenvalue weighted by molar-refractivity contribution is 5.97. The number of halogens is 5. The summed E-state index contributed by atoms with van der Waals surface area (Å²) in [6.45, 7) is 9.06. The number of carbonyl (C=O) groups is 3. The van der Waals surface area contributed by atoms with Crippen LogP contribution in [-0.4, -0.2) is 91.2 Å². The van der Waals surface area contributed by atoms with E-state index in [9.17, 15) is 52.4 Å². The molecule has 2 aliphatic carbocycles. The molecule has 0 bridgehead atoms. The molecule has 19 heteroatoms. The van der Waals surface area contributed by atoms with Gasteiger partial charge in [0.25, 0.3) is 0 Å². The van der Waals surface area contributed by atoms with Crippen LogP contribution in [0.5, 0.6) is 23.0 Å². The minimum atomic E-state index is -3.78. The standard InChI is InChI=1S/C28H29F2NO5.C27H26F3NO7/c1-16-26(2,3)24-12-18-10-17(4-6-21(18)31(24)14-20(15-32)34-16)11-25(33)27(8-9-27)19-5-7-22-23(13-19)36-28(29,30)35-22;1-25(2,24(35)36)22-8-15-7-14(18(28)11-19(15)31(22)12-17(33)13-32)9-23(34)26(5-6-26)16-3-4-20-21(10-16)38-27(29,30)37-20/h4-7,10,12-13,16,20,32H,8-9,11,14-15H2,1-3H3;3-4,7-8,10-11,17,32-33H,5-6,9,12-13H2,1-2H3,(H,35,36). The zero-order valence-electron chi connectivity index (χ0n) is 41.1. The maximum atomic E-state index is 15.3. The fourth-order valence-electron chi connectivity index (χ4n) is 10.6. The quantitative estimate of drug-likeness (QED) is 0.0763. The Kier molecular flexibility index (Phi) is 12.3. The highest BCUT2D eigenvalue weighted by atomic mass is 19.3. The normalized spacial score (nSPS) is 21.3. The third-order valence-corrected chi connectivity index (χ3v) is 15.7. The average Bonchev–Trinajstić information content (AvgIpc) is 4.21. The van der Waals surface area contributed by atoms with Crippen LogP contribution in [-0.2, 0) is 66.7 Å². The van der Waals surface area contributed by atoms with Crippen molar-refractivity contribution in [1.29, 1.82) is 0 Å². The second-order valence-electron chi connectivity index (χ2n) is 21.3. The van der Waals surface area contributed by atoms with Crippen LogP contribution >= 0.6 is 0 Å². The fourth-order valence-corrected chi connectivity index (χ4v) is 10.6. The van der Waals surface area contributed by atoms with Crippen LogP contribution in [0.1, 0.15) is 93.9 Å². The van der Waals surface area contributed by atoms with Gasteiger partial charge >= 0.3 is 18.6 Å². The van der Waals surface area contributed by atoms with E-state index in [-0.39, 0.29) is 83.7 Å². The Bertz CT molecular complexity index is 3260. The highest BCUT2D eigenvalue weighted by Crippen LogP contribution is 2.54. The molecule has 392 valence electrons. The molecular weight excluding hydrogens is 976 g/mol. The molecule has 0 amide bonds. The topological polar surface area (TPSA) is 188 Å². The molecule has 0 radical (unpaired) electrons. The van der Waals surface area contributed by atoms with Gasteiger partial charge < -0.3 is 53.2 Å². The van der Waals surface area contributed by atoms with Gasteiger partial charge in [-0.25, -0.2) is 4.39 Å². The predicted octanol–water partition coefficient (Wildman–Crippen LogP) is 8.52. The van der Waals surface area contributed by atoms with Crippen molar-refractivity contribution in [2.45, 2.75) is 139 Å². The first-order chi connectivity index (χ1) is 34.8. The number of carboxylic acids is 1. The summed E-state index contributed by atoms with van der Waals surface area (Å²) in [5, 5.41) is 40.4. The molecule has 4 N–H and O–H groups in total. The zero-order chi connectivity index (χ0) is 53.1. The Morgan fingerprint density at radius 1 is 0.730 bits per heavy atom. The monoisotopic (exact) mass is 1030 g/mol. The van der Waals surface area contributed by atoms with E-state index in [4.69, 9.17) is 4.74 Å². The molecule has 4 aromatic carbocycles. The number of benzene rings is 4. The number of rotatable bonds is 14. The lowest BCUT2D eigenvalue weighted by Gasteiger charge is -2.30. The molecule has 0 spiro atoms. The Hall–Kier alpha value is -6.54. The molecule has 2 fully saturated rings. The van der Waals surface area contributed by atoms with Gasteiger partial charge in [0.05, 0.1) is 61.0 Å². The molecule has 11 rings (SSSR count). The smallest absolute Gasteiger partial charge is 0.481 e. The van der Waals surface area contributed by atoms with E-state index >= 15 is 4.39 Å². The third kappa shape index (κ3) is 8.94. The van der Waals surface area contributed by atoms with Crippen molar-refractivity contribution in [3.8, 4) is 23.0 Å². The lowest BCUT2D eigenvalue weighted by Crippen LogP contribution is -2.35. The lowest BCUT2D eigenvalue weighted by atomic mass is 9.83. The van der Waals surface area contributed by atoms with Gasteiger partial charge in [-0.1, -0.05) is 32.0 Å². The first kappa shape index (κ1) is 51.0. The summed E-state index contributed by atoms with van der Waals surface area (Å²) in [5.41, 5.74) is 1.70. The largest absolute Gasteiger partial charge is 0.586 e. The molecule has 14 nitrogen and oxygen atoms in total. The number of ether oxygens (including phenoxy) is 5. The Morgan fingerprint density at radius 3 is 1.82 bits per heavy atom. The van der Waals surface area contributed by atoms with E-state index in [1.807, 2.05) is 19.1 Å². The number of alkyl halides is 4. The first-order valence-corrected chi connectivity index (χ1v) is 24.4. The number of carboxylic acid groups (broad SMARTS) is 1. The highest BCUT2D eigenvalue weighted by Gasteiger charge is 2.54. The number of ketones is 2. The van der Waals surface area contributed by atoms with Crippen LogP contribution in [0.3, 0.4) is 0 Å². The molecule has 3 atom stereocenters. The summed E-state index contributed by atoms with van der Waals surface area (Å²) < 4.78 is 96.8. The predicted molar refractivity (Wildman–Crippen MR) is 257 cm³/mol. The van der Waals surface area contributed by atoms with Crippen molar-refractivity contribution in [2.24, 2.45) is 0 Å². The second-order valence-corrected chi connectivity index (χ2v) is 21.3. The lowest BCUT2D eigenvalue weighted by molar-refractivity contribution is -0.287.